The Morgan fingerprint density at radius 3 is 2.76 bits per heavy atom. The molecule has 3 aliphatic heterocycles. The van der Waals surface area contributed by atoms with Gasteiger partial charge in [0.2, 0.25) is 11.8 Å². The number of halogens is 1. The molecule has 4 atom stereocenters. The molecule has 0 bridgehead atoms. The summed E-state index contributed by atoms with van der Waals surface area (Å²) in [6.45, 7) is 4.48. The number of carbonyl (C=O) groups excluding carboxylic acids is 3. The number of hydrogen-bond acceptors (Lipinski definition) is 5. The van der Waals surface area contributed by atoms with Crippen LogP contribution < -0.4 is 10.2 Å². The molecule has 2 amide bonds. The summed E-state index contributed by atoms with van der Waals surface area (Å²) in [5.41, 5.74) is 0.671. The van der Waals surface area contributed by atoms with E-state index in [1.54, 1.807) is 0 Å². The zero-order valence-corrected chi connectivity index (χ0v) is 15.6. The van der Waals surface area contributed by atoms with Crippen molar-refractivity contribution in [2.75, 3.05) is 11.4 Å². The monoisotopic (exact) mass is 406 g/mol. The number of nitrogens with zero attached hydrogens (tertiary/aromatic N) is 1. The number of ether oxygens (including phenoxy) is 1. The van der Waals surface area contributed by atoms with Crippen molar-refractivity contribution in [2.45, 2.75) is 44.9 Å². The Morgan fingerprint density at radius 1 is 1.28 bits per heavy atom. The number of morpholine rings is 1. The summed E-state index contributed by atoms with van der Waals surface area (Å²) in [5.74, 6) is -1.34. The summed E-state index contributed by atoms with van der Waals surface area (Å²) in [5, 5.41) is 2.39. The third-order valence-electron chi connectivity index (χ3n) is 5.48. The lowest BCUT2D eigenvalue weighted by Gasteiger charge is -2.55. The number of imide groups is 1. The fourth-order valence-electron chi connectivity index (χ4n) is 4.61. The van der Waals surface area contributed by atoms with Gasteiger partial charge < -0.3 is 9.64 Å². The maximum Gasteiger partial charge on any atom is 0.242 e. The van der Waals surface area contributed by atoms with E-state index in [1.807, 2.05) is 32.0 Å². The zero-order chi connectivity index (χ0) is 17.9. The number of fused-ring (bicyclic) bond motifs is 4. The van der Waals surface area contributed by atoms with Crippen molar-refractivity contribution in [3.05, 3.63) is 28.2 Å². The Kier molecular flexibility index (Phi) is 3.77. The van der Waals surface area contributed by atoms with E-state index >= 15 is 0 Å². The molecule has 0 unspecified atom stereocenters. The van der Waals surface area contributed by atoms with Gasteiger partial charge in [-0.2, -0.15) is 0 Å². The van der Waals surface area contributed by atoms with Crippen molar-refractivity contribution in [3.8, 4) is 0 Å². The molecule has 132 valence electrons. The van der Waals surface area contributed by atoms with Crippen LogP contribution in [0.25, 0.3) is 0 Å². The molecule has 2 saturated heterocycles. The van der Waals surface area contributed by atoms with Gasteiger partial charge in [0.05, 0.1) is 24.7 Å². The Balaban J connectivity index is 1.92. The van der Waals surface area contributed by atoms with E-state index < -0.39 is 23.3 Å². The van der Waals surface area contributed by atoms with E-state index in [1.165, 1.54) is 0 Å². The summed E-state index contributed by atoms with van der Waals surface area (Å²) in [6.07, 6.45) is -0.297. The van der Waals surface area contributed by atoms with Crippen molar-refractivity contribution in [3.63, 3.8) is 0 Å². The summed E-state index contributed by atoms with van der Waals surface area (Å²) in [4.78, 5) is 39.7. The first kappa shape index (κ1) is 16.7. The molecule has 6 nitrogen and oxygen atoms in total. The molecule has 3 aliphatic rings. The lowest BCUT2D eigenvalue weighted by molar-refractivity contribution is -0.158. The largest absolute Gasteiger partial charge is 0.372 e. The van der Waals surface area contributed by atoms with Gasteiger partial charge in [0.25, 0.3) is 0 Å². The van der Waals surface area contributed by atoms with E-state index in [2.05, 4.69) is 26.1 Å². The Labute approximate surface area is 154 Å². The first-order valence-electron chi connectivity index (χ1n) is 8.41. The van der Waals surface area contributed by atoms with Gasteiger partial charge in [0, 0.05) is 16.7 Å². The van der Waals surface area contributed by atoms with Gasteiger partial charge in [-0.15, -0.1) is 0 Å². The number of benzene rings is 1. The fraction of sp³-hybridized carbons (Fsp3) is 0.500. The molecular formula is C18H19BrN2O4. The van der Waals surface area contributed by atoms with Gasteiger partial charge in [0.15, 0.2) is 5.78 Å². The second kappa shape index (κ2) is 5.64. The number of piperidine rings is 1. The molecule has 4 rings (SSSR count). The molecule has 3 heterocycles. The van der Waals surface area contributed by atoms with E-state index in [4.69, 9.17) is 4.74 Å². The summed E-state index contributed by atoms with van der Waals surface area (Å²) in [6, 6.07) is 5.51. The van der Waals surface area contributed by atoms with Crippen LogP contribution in [0.3, 0.4) is 0 Å². The third-order valence-corrected chi connectivity index (χ3v) is 5.98. The van der Waals surface area contributed by atoms with Crippen molar-refractivity contribution < 1.29 is 19.1 Å². The SMILES string of the molecule is C[C@@H]1CN2c3ccc(Br)cc3C[C@@]3(C(=O)CC(=O)NC3=O)[C@H]2[C@H](C)O1. The smallest absolute Gasteiger partial charge is 0.242 e. The second-order valence-corrected chi connectivity index (χ2v) is 8.06. The van der Waals surface area contributed by atoms with E-state index in [0.717, 1.165) is 15.7 Å². The van der Waals surface area contributed by atoms with Crippen LogP contribution in [0.4, 0.5) is 5.69 Å². The molecule has 1 aromatic rings. The van der Waals surface area contributed by atoms with Crippen LogP contribution in [0.15, 0.2) is 22.7 Å². The predicted molar refractivity (Wildman–Crippen MR) is 94.2 cm³/mol. The minimum absolute atomic E-state index is 0.0127. The minimum atomic E-state index is -1.29. The minimum Gasteiger partial charge on any atom is -0.372 e. The third kappa shape index (κ3) is 2.36. The quantitative estimate of drug-likeness (QED) is 0.522. The van der Waals surface area contributed by atoms with Crippen molar-refractivity contribution >= 4 is 39.2 Å². The standard InChI is InChI=1S/C18H19BrN2O4/c1-9-8-21-13-4-3-12(19)5-11(13)7-18(16(21)10(2)25-9)14(22)6-15(23)20-17(18)24/h3-5,9-10,16H,6-8H2,1-2H3,(H,20,23,24)/t9-,10+,16-,18-/m1/s1. The maximum atomic E-state index is 13.0. The van der Waals surface area contributed by atoms with Crippen molar-refractivity contribution in [2.24, 2.45) is 5.41 Å². The van der Waals surface area contributed by atoms with E-state index in [0.29, 0.717) is 6.54 Å². The zero-order valence-electron chi connectivity index (χ0n) is 14.0. The number of carbonyl (C=O) groups is 3. The first-order chi connectivity index (χ1) is 11.8. The van der Waals surface area contributed by atoms with Crippen molar-refractivity contribution in [1.82, 2.24) is 5.32 Å². The molecule has 25 heavy (non-hydrogen) atoms. The highest BCUT2D eigenvalue weighted by atomic mass is 79.9. The Hall–Kier alpha value is -1.73. The molecule has 7 heteroatoms. The number of rotatable bonds is 0. The van der Waals surface area contributed by atoms with Gasteiger partial charge >= 0.3 is 0 Å². The maximum absolute atomic E-state index is 13.0. The van der Waals surface area contributed by atoms with Gasteiger partial charge in [-0.1, -0.05) is 15.9 Å². The molecule has 0 saturated carbocycles. The molecule has 0 aromatic heterocycles. The molecule has 0 radical (unpaired) electrons. The lowest BCUT2D eigenvalue weighted by Crippen LogP contribution is -2.72. The number of ketones is 1. The highest BCUT2D eigenvalue weighted by Crippen LogP contribution is 2.48. The van der Waals surface area contributed by atoms with Gasteiger partial charge in [0.1, 0.15) is 5.41 Å². The highest BCUT2D eigenvalue weighted by molar-refractivity contribution is 9.10. The average Bonchev–Trinajstić information content (AvgIpc) is 2.51. The summed E-state index contributed by atoms with van der Waals surface area (Å²) < 4.78 is 6.87. The van der Waals surface area contributed by atoms with Crippen LogP contribution in [-0.4, -0.2) is 42.4 Å². The van der Waals surface area contributed by atoms with E-state index in [-0.39, 0.29) is 30.8 Å². The predicted octanol–water partition coefficient (Wildman–Crippen LogP) is 1.59. The summed E-state index contributed by atoms with van der Waals surface area (Å²) in [7, 11) is 0. The van der Waals surface area contributed by atoms with Gasteiger partial charge in [-0.3, -0.25) is 19.7 Å². The molecule has 1 spiro atoms. The average molecular weight is 407 g/mol. The fourth-order valence-corrected chi connectivity index (χ4v) is 5.02. The lowest BCUT2D eigenvalue weighted by atomic mass is 9.63. The van der Waals surface area contributed by atoms with Crippen LogP contribution in [0.2, 0.25) is 0 Å². The van der Waals surface area contributed by atoms with Crippen LogP contribution in [-0.2, 0) is 25.5 Å². The number of anilines is 1. The highest BCUT2D eigenvalue weighted by Gasteiger charge is 2.62. The molecule has 2 fully saturated rings. The first-order valence-corrected chi connectivity index (χ1v) is 9.20. The van der Waals surface area contributed by atoms with Gasteiger partial charge in [-0.05, 0) is 44.0 Å². The number of nitrogens with one attached hydrogen (secondary N) is 1. The molecule has 1 aromatic carbocycles. The van der Waals surface area contributed by atoms with Crippen LogP contribution in [0.5, 0.6) is 0 Å². The normalized spacial score (nSPS) is 34.6. The van der Waals surface area contributed by atoms with Crippen LogP contribution in [0, 0.1) is 5.41 Å². The molecule has 0 aliphatic carbocycles. The van der Waals surface area contributed by atoms with Crippen LogP contribution in [0.1, 0.15) is 25.8 Å². The van der Waals surface area contributed by atoms with Crippen molar-refractivity contribution in [1.29, 1.82) is 0 Å². The topological polar surface area (TPSA) is 75.7 Å². The Bertz CT molecular complexity index is 773. The summed E-state index contributed by atoms with van der Waals surface area (Å²) >= 11 is 3.47. The number of Topliss-reactive ketones (excluding diaryl/α,β-unsaturated/α-hetero) is 1. The second-order valence-electron chi connectivity index (χ2n) is 7.15. The number of amides is 2. The molecular weight excluding hydrogens is 388 g/mol. The van der Waals surface area contributed by atoms with E-state index in [9.17, 15) is 14.4 Å². The Morgan fingerprint density at radius 2 is 2.04 bits per heavy atom. The number of hydrogen-bond donors (Lipinski definition) is 1. The molecule has 1 N–H and O–H groups in total. The van der Waals surface area contributed by atoms with Crippen LogP contribution >= 0.6 is 15.9 Å². The van der Waals surface area contributed by atoms with Gasteiger partial charge in [-0.25, -0.2) is 0 Å².